The Morgan fingerprint density at radius 3 is 2.05 bits per heavy atom. The van der Waals surface area contributed by atoms with Crippen LogP contribution in [0.5, 0.6) is 0 Å². The molecule has 2 fully saturated rings. The van der Waals surface area contributed by atoms with Crippen LogP contribution in [0.25, 0.3) is 11.1 Å². The molecule has 3 aromatic rings. The third-order valence-electron chi connectivity index (χ3n) is 8.62. The maximum Gasteiger partial charge on any atom is 0.309 e. The predicted octanol–water partition coefficient (Wildman–Crippen LogP) is 7.20. The fourth-order valence-corrected chi connectivity index (χ4v) is 6.06. The molecule has 5 heteroatoms. The second-order valence-electron chi connectivity index (χ2n) is 11.3. The van der Waals surface area contributed by atoms with Crippen molar-refractivity contribution in [2.75, 3.05) is 31.0 Å². The molecule has 0 aliphatic heterocycles. The van der Waals surface area contributed by atoms with Gasteiger partial charge in [-0.1, -0.05) is 67.8 Å². The quantitative estimate of drug-likeness (QED) is 0.292. The summed E-state index contributed by atoms with van der Waals surface area (Å²) in [7, 11) is 5.55. The standard InChI is InChI=1S/C34H40N2O3/c1-35(2)29-18-16-26(17-19-29)25-14-12-24(13-15-25)23-36(33(37)27-8-5-4-6-9-27)30-11-7-10-28(22-30)31-20-21-32(31)34(38)39-3/h7,10-19,22,27,31-32H,4-6,8-9,20-21,23H2,1-3H3. The molecule has 0 N–H and O–H groups in total. The summed E-state index contributed by atoms with van der Waals surface area (Å²) in [6.45, 7) is 0.531. The molecule has 2 aliphatic rings. The van der Waals surface area contributed by atoms with E-state index >= 15 is 0 Å². The van der Waals surface area contributed by atoms with E-state index in [-0.39, 0.29) is 29.6 Å². The number of benzene rings is 3. The number of esters is 1. The lowest BCUT2D eigenvalue weighted by atomic mass is 9.70. The lowest BCUT2D eigenvalue weighted by Crippen LogP contribution is -2.37. The lowest BCUT2D eigenvalue weighted by Gasteiger charge is -2.35. The van der Waals surface area contributed by atoms with E-state index in [0.717, 1.165) is 60.9 Å². The number of amides is 1. The number of methoxy groups -OCH3 is 1. The minimum atomic E-state index is -0.136. The zero-order valence-corrected chi connectivity index (χ0v) is 23.4. The summed E-state index contributed by atoms with van der Waals surface area (Å²) in [5.74, 6) is 0.217. The number of carbonyl (C=O) groups is 2. The molecule has 0 aromatic heterocycles. The Hall–Kier alpha value is -3.60. The second kappa shape index (κ2) is 12.1. The summed E-state index contributed by atoms with van der Waals surface area (Å²) in [5.41, 5.74) is 6.66. The first-order valence-corrected chi connectivity index (χ1v) is 14.3. The van der Waals surface area contributed by atoms with Gasteiger partial charge in [0.2, 0.25) is 5.91 Å². The Labute approximate surface area is 232 Å². The fraction of sp³-hybridized carbons (Fsp3) is 0.412. The van der Waals surface area contributed by atoms with Gasteiger partial charge in [-0.2, -0.15) is 0 Å². The molecule has 0 heterocycles. The number of nitrogens with zero attached hydrogens (tertiary/aromatic N) is 2. The molecule has 5 rings (SSSR count). The third kappa shape index (κ3) is 6.03. The summed E-state index contributed by atoms with van der Waals surface area (Å²) in [6.07, 6.45) is 7.21. The van der Waals surface area contributed by atoms with E-state index in [0.29, 0.717) is 6.54 Å². The molecule has 0 radical (unpaired) electrons. The molecule has 2 atom stereocenters. The van der Waals surface area contributed by atoms with Crippen LogP contribution in [0.15, 0.2) is 72.8 Å². The van der Waals surface area contributed by atoms with Crippen molar-refractivity contribution in [3.63, 3.8) is 0 Å². The van der Waals surface area contributed by atoms with Crippen LogP contribution in [0.4, 0.5) is 11.4 Å². The monoisotopic (exact) mass is 524 g/mol. The Morgan fingerprint density at radius 1 is 0.795 bits per heavy atom. The van der Waals surface area contributed by atoms with Gasteiger partial charge in [0, 0.05) is 31.4 Å². The Kier molecular flexibility index (Phi) is 8.35. The number of carbonyl (C=O) groups excluding carboxylic acids is 2. The van der Waals surface area contributed by atoms with Crippen molar-refractivity contribution >= 4 is 23.3 Å². The van der Waals surface area contributed by atoms with Crippen LogP contribution in [0, 0.1) is 11.8 Å². The molecule has 0 saturated heterocycles. The highest BCUT2D eigenvalue weighted by Crippen LogP contribution is 2.44. The van der Waals surface area contributed by atoms with Crippen molar-refractivity contribution < 1.29 is 14.3 Å². The number of anilines is 2. The summed E-state index contributed by atoms with van der Waals surface area (Å²) < 4.78 is 5.03. The van der Waals surface area contributed by atoms with Crippen LogP contribution in [0.3, 0.4) is 0 Å². The minimum absolute atomic E-state index is 0.0726. The Morgan fingerprint density at radius 2 is 1.46 bits per heavy atom. The van der Waals surface area contributed by atoms with Gasteiger partial charge in [0.1, 0.15) is 0 Å². The maximum atomic E-state index is 13.9. The van der Waals surface area contributed by atoms with E-state index in [1.807, 2.05) is 31.1 Å². The van der Waals surface area contributed by atoms with Gasteiger partial charge in [-0.05, 0) is 78.1 Å². The normalized spacial score (nSPS) is 19.2. The van der Waals surface area contributed by atoms with Crippen LogP contribution in [-0.4, -0.2) is 33.1 Å². The van der Waals surface area contributed by atoms with Gasteiger partial charge in [-0.15, -0.1) is 0 Å². The molecule has 0 bridgehead atoms. The first kappa shape index (κ1) is 27.0. The average Bonchev–Trinajstić information content (AvgIpc) is 2.96. The molecule has 3 aromatic carbocycles. The first-order chi connectivity index (χ1) is 18.9. The van der Waals surface area contributed by atoms with Crippen molar-refractivity contribution in [2.45, 2.75) is 57.4 Å². The van der Waals surface area contributed by atoms with Crippen LogP contribution < -0.4 is 9.80 Å². The molecule has 1 amide bonds. The zero-order valence-electron chi connectivity index (χ0n) is 23.4. The van der Waals surface area contributed by atoms with Gasteiger partial charge in [0.25, 0.3) is 0 Å². The SMILES string of the molecule is COC(=O)C1CCC1c1cccc(N(Cc2ccc(-c3ccc(N(C)C)cc3)cc2)C(=O)C2CCCCC2)c1. The van der Waals surface area contributed by atoms with Crippen LogP contribution in [0.1, 0.15) is 62.0 Å². The van der Waals surface area contributed by atoms with Crippen molar-refractivity contribution in [2.24, 2.45) is 11.8 Å². The van der Waals surface area contributed by atoms with Gasteiger partial charge >= 0.3 is 5.97 Å². The molecule has 0 spiro atoms. The Bertz CT molecular complexity index is 1280. The topological polar surface area (TPSA) is 49.9 Å². The molecular formula is C34H40N2O3. The molecule has 2 saturated carbocycles. The highest BCUT2D eigenvalue weighted by atomic mass is 16.5. The first-order valence-electron chi connectivity index (χ1n) is 14.3. The average molecular weight is 525 g/mol. The number of hydrogen-bond acceptors (Lipinski definition) is 4. The molecule has 5 nitrogen and oxygen atoms in total. The number of hydrogen-bond donors (Lipinski definition) is 0. The van der Waals surface area contributed by atoms with Crippen LogP contribution in [-0.2, 0) is 20.9 Å². The molecule has 204 valence electrons. The molecular weight excluding hydrogens is 484 g/mol. The predicted molar refractivity (Wildman–Crippen MR) is 158 cm³/mol. The summed E-state index contributed by atoms with van der Waals surface area (Å²) >= 11 is 0. The van der Waals surface area contributed by atoms with E-state index < -0.39 is 0 Å². The minimum Gasteiger partial charge on any atom is -0.469 e. The van der Waals surface area contributed by atoms with Gasteiger partial charge < -0.3 is 14.5 Å². The fourth-order valence-electron chi connectivity index (χ4n) is 6.06. The van der Waals surface area contributed by atoms with E-state index in [9.17, 15) is 9.59 Å². The van der Waals surface area contributed by atoms with Crippen LogP contribution >= 0.6 is 0 Å². The number of ether oxygens (including phenoxy) is 1. The van der Waals surface area contributed by atoms with E-state index in [2.05, 4.69) is 65.6 Å². The van der Waals surface area contributed by atoms with Gasteiger partial charge in [0.15, 0.2) is 0 Å². The number of rotatable bonds is 8. The largest absolute Gasteiger partial charge is 0.469 e. The van der Waals surface area contributed by atoms with Crippen LogP contribution in [0.2, 0.25) is 0 Å². The lowest BCUT2D eigenvalue weighted by molar-refractivity contribution is -0.149. The van der Waals surface area contributed by atoms with Gasteiger partial charge in [-0.3, -0.25) is 9.59 Å². The van der Waals surface area contributed by atoms with Crippen molar-refractivity contribution in [1.29, 1.82) is 0 Å². The highest BCUT2D eigenvalue weighted by molar-refractivity contribution is 5.95. The second-order valence-corrected chi connectivity index (χ2v) is 11.3. The molecule has 39 heavy (non-hydrogen) atoms. The highest BCUT2D eigenvalue weighted by Gasteiger charge is 2.38. The van der Waals surface area contributed by atoms with Crippen molar-refractivity contribution in [1.82, 2.24) is 0 Å². The van der Waals surface area contributed by atoms with E-state index in [1.165, 1.54) is 24.8 Å². The van der Waals surface area contributed by atoms with Gasteiger partial charge in [-0.25, -0.2) is 0 Å². The van der Waals surface area contributed by atoms with Crippen molar-refractivity contribution in [3.05, 3.63) is 83.9 Å². The van der Waals surface area contributed by atoms with E-state index in [4.69, 9.17) is 4.74 Å². The molecule has 2 aliphatic carbocycles. The zero-order chi connectivity index (χ0) is 27.4. The summed E-state index contributed by atoms with van der Waals surface area (Å²) in [4.78, 5) is 30.2. The maximum absolute atomic E-state index is 13.9. The summed E-state index contributed by atoms with van der Waals surface area (Å²) in [6, 6.07) is 25.4. The Balaban J connectivity index is 1.39. The van der Waals surface area contributed by atoms with E-state index in [1.54, 1.807) is 0 Å². The molecule has 2 unspecified atom stereocenters. The van der Waals surface area contributed by atoms with Crippen molar-refractivity contribution in [3.8, 4) is 11.1 Å². The smallest absolute Gasteiger partial charge is 0.309 e. The third-order valence-corrected chi connectivity index (χ3v) is 8.62. The van der Waals surface area contributed by atoms with Gasteiger partial charge in [0.05, 0.1) is 19.6 Å². The summed E-state index contributed by atoms with van der Waals surface area (Å²) in [5, 5.41) is 0.